The van der Waals surface area contributed by atoms with Crippen molar-refractivity contribution in [1.82, 2.24) is 9.97 Å². The Balaban J connectivity index is 1.69. The lowest BCUT2D eigenvalue weighted by Gasteiger charge is -2.13. The highest BCUT2D eigenvalue weighted by atomic mass is 35.5. The van der Waals surface area contributed by atoms with Gasteiger partial charge in [-0.05, 0) is 23.3 Å². The van der Waals surface area contributed by atoms with Crippen LogP contribution in [0.1, 0.15) is 0 Å². The number of thiazole rings is 1. The number of hydrogen-bond acceptors (Lipinski definition) is 5. The third-order valence-corrected chi connectivity index (χ3v) is 6.15. The number of halogens is 1. The fourth-order valence-electron chi connectivity index (χ4n) is 3.71. The number of H-pyrrole nitrogens is 1. The smallest absolute Gasteiger partial charge is 0.260 e. The van der Waals surface area contributed by atoms with E-state index in [2.05, 4.69) is 9.97 Å². The molecule has 152 valence electrons. The maximum absolute atomic E-state index is 12.9. The summed E-state index contributed by atoms with van der Waals surface area (Å²) >= 11 is 7.91. The zero-order valence-corrected chi connectivity index (χ0v) is 17.7. The van der Waals surface area contributed by atoms with E-state index in [1.807, 2.05) is 47.8 Å². The Kier molecular flexibility index (Phi) is 4.73. The quantitative estimate of drug-likeness (QED) is 0.321. The van der Waals surface area contributed by atoms with Gasteiger partial charge in [0.1, 0.15) is 5.75 Å². The molecule has 0 bridgehead atoms. The molecule has 0 saturated carbocycles. The Labute approximate surface area is 186 Å². The van der Waals surface area contributed by atoms with Gasteiger partial charge in [-0.25, -0.2) is 4.98 Å². The van der Waals surface area contributed by atoms with Gasteiger partial charge in [0.25, 0.3) is 5.56 Å². The first kappa shape index (κ1) is 19.4. The Bertz CT molecular complexity index is 1480. The van der Waals surface area contributed by atoms with E-state index in [-0.39, 0.29) is 16.9 Å². The van der Waals surface area contributed by atoms with E-state index in [9.17, 15) is 9.90 Å². The molecule has 0 atom stereocenters. The second-order valence-corrected chi connectivity index (χ2v) is 8.33. The number of aromatic amines is 1. The van der Waals surface area contributed by atoms with Gasteiger partial charge in [-0.2, -0.15) is 0 Å². The van der Waals surface area contributed by atoms with Crippen molar-refractivity contribution >= 4 is 39.0 Å². The van der Waals surface area contributed by atoms with E-state index in [0.29, 0.717) is 32.2 Å². The minimum Gasteiger partial charge on any atom is -0.506 e. The van der Waals surface area contributed by atoms with Crippen LogP contribution in [0.5, 0.6) is 5.75 Å². The van der Waals surface area contributed by atoms with Crippen molar-refractivity contribution in [2.24, 2.45) is 0 Å². The lowest BCUT2D eigenvalue weighted by molar-refractivity contribution is 0.482. The lowest BCUT2D eigenvalue weighted by Crippen LogP contribution is -2.10. The van der Waals surface area contributed by atoms with Crippen LogP contribution >= 0.6 is 22.9 Å². The third kappa shape index (κ3) is 3.36. The van der Waals surface area contributed by atoms with Crippen LogP contribution in [0.15, 0.2) is 76.9 Å². The minimum atomic E-state index is -0.380. The zero-order chi connectivity index (χ0) is 21.5. The maximum atomic E-state index is 12.9. The van der Waals surface area contributed by atoms with Crippen molar-refractivity contribution in [1.29, 1.82) is 0 Å². The first-order chi connectivity index (χ1) is 15.0. The number of nitrogens with one attached hydrogen (secondary N) is 1. The normalized spacial score (nSPS) is 11.1. The first-order valence-corrected chi connectivity index (χ1v) is 10.7. The summed E-state index contributed by atoms with van der Waals surface area (Å²) in [5, 5.41) is 14.4. The fourth-order valence-corrected chi connectivity index (χ4v) is 4.54. The summed E-state index contributed by atoms with van der Waals surface area (Å²) in [6, 6.07) is 20.2. The zero-order valence-electron chi connectivity index (χ0n) is 16.1. The van der Waals surface area contributed by atoms with E-state index in [1.54, 1.807) is 24.3 Å². The molecule has 0 aliphatic rings. The number of nitrogens with zero attached hydrogens (tertiary/aromatic N) is 1. The molecule has 0 spiro atoms. The molecule has 2 heterocycles. The number of nitrogen functional groups attached to an aromatic ring is 1. The van der Waals surface area contributed by atoms with Crippen LogP contribution in [0.3, 0.4) is 0 Å². The van der Waals surface area contributed by atoms with E-state index < -0.39 is 0 Å². The summed E-state index contributed by atoms with van der Waals surface area (Å²) in [4.78, 5) is 20.1. The van der Waals surface area contributed by atoms with Crippen molar-refractivity contribution in [3.05, 3.63) is 87.5 Å². The predicted octanol–water partition coefficient (Wildman–Crippen LogP) is 5.93. The van der Waals surface area contributed by atoms with Crippen LogP contribution in [0.2, 0.25) is 5.02 Å². The van der Waals surface area contributed by atoms with Crippen molar-refractivity contribution in [2.75, 3.05) is 5.73 Å². The van der Waals surface area contributed by atoms with Crippen molar-refractivity contribution < 1.29 is 5.11 Å². The summed E-state index contributed by atoms with van der Waals surface area (Å²) in [7, 11) is 0. The molecule has 5 rings (SSSR count). The predicted molar refractivity (Wildman–Crippen MR) is 128 cm³/mol. The summed E-state index contributed by atoms with van der Waals surface area (Å²) in [6.45, 7) is 0. The second kappa shape index (κ2) is 7.58. The Morgan fingerprint density at radius 3 is 2.26 bits per heavy atom. The van der Waals surface area contributed by atoms with Gasteiger partial charge in [-0.15, -0.1) is 11.3 Å². The molecule has 0 unspecified atom stereocenters. The molecule has 0 amide bonds. The summed E-state index contributed by atoms with van der Waals surface area (Å²) < 4.78 is 0. The Hall–Kier alpha value is -3.61. The number of aromatic nitrogens is 2. The molecular weight excluding hydrogens is 430 g/mol. The van der Waals surface area contributed by atoms with E-state index in [4.69, 9.17) is 17.3 Å². The van der Waals surface area contributed by atoms with Gasteiger partial charge >= 0.3 is 0 Å². The standard InChI is InChI=1S/C24H16ClN3O2S/c25-17-11-10-16-21(28-23(30)20(22(16)29)14-4-2-1-3-5-14)19(17)15-8-6-13(7-9-15)18-12-31-24(26)27-18/h1-12H,(H2,26,27)(H2,28,29,30). The van der Waals surface area contributed by atoms with E-state index >= 15 is 0 Å². The van der Waals surface area contributed by atoms with Crippen LogP contribution in [-0.2, 0) is 0 Å². The number of fused-ring (bicyclic) bond motifs is 1. The number of pyridine rings is 1. The highest BCUT2D eigenvalue weighted by Crippen LogP contribution is 2.40. The maximum Gasteiger partial charge on any atom is 0.260 e. The molecule has 0 aliphatic carbocycles. The minimum absolute atomic E-state index is 0.0718. The highest BCUT2D eigenvalue weighted by molar-refractivity contribution is 7.13. The summed E-state index contributed by atoms with van der Waals surface area (Å²) in [5.41, 5.74) is 9.91. The lowest BCUT2D eigenvalue weighted by atomic mass is 9.97. The number of hydrogen-bond donors (Lipinski definition) is 3. The topological polar surface area (TPSA) is 92.0 Å². The van der Waals surface area contributed by atoms with Crippen LogP contribution in [0.4, 0.5) is 5.13 Å². The molecule has 0 saturated heterocycles. The van der Waals surface area contributed by atoms with Crippen molar-refractivity contribution in [3.63, 3.8) is 0 Å². The summed E-state index contributed by atoms with van der Waals surface area (Å²) in [5.74, 6) is -0.0718. The molecule has 3 aromatic carbocycles. The molecule has 31 heavy (non-hydrogen) atoms. The molecule has 5 nitrogen and oxygen atoms in total. The largest absolute Gasteiger partial charge is 0.506 e. The molecule has 2 aromatic heterocycles. The summed E-state index contributed by atoms with van der Waals surface area (Å²) in [6.07, 6.45) is 0. The molecule has 7 heteroatoms. The monoisotopic (exact) mass is 445 g/mol. The number of aromatic hydroxyl groups is 1. The Morgan fingerprint density at radius 2 is 1.58 bits per heavy atom. The number of rotatable bonds is 3. The van der Waals surface area contributed by atoms with Gasteiger partial charge < -0.3 is 15.8 Å². The van der Waals surface area contributed by atoms with E-state index in [0.717, 1.165) is 16.8 Å². The SMILES string of the molecule is Nc1nc(-c2ccc(-c3c(Cl)ccc4c(O)c(-c5ccccc5)c(=O)[nH]c34)cc2)cs1. The molecule has 0 fully saturated rings. The average Bonchev–Trinajstić information content (AvgIpc) is 3.21. The van der Waals surface area contributed by atoms with Crippen molar-refractivity contribution in [3.8, 4) is 39.3 Å². The van der Waals surface area contributed by atoms with Crippen LogP contribution in [0.25, 0.3) is 44.4 Å². The van der Waals surface area contributed by atoms with Crippen molar-refractivity contribution in [2.45, 2.75) is 0 Å². The van der Waals surface area contributed by atoms with Gasteiger partial charge in [0.2, 0.25) is 0 Å². The van der Waals surface area contributed by atoms with Gasteiger partial charge in [0.05, 0.1) is 21.8 Å². The second-order valence-electron chi connectivity index (χ2n) is 7.04. The van der Waals surface area contributed by atoms with Crippen LogP contribution in [0, 0.1) is 0 Å². The van der Waals surface area contributed by atoms with Gasteiger partial charge in [0.15, 0.2) is 5.13 Å². The first-order valence-electron chi connectivity index (χ1n) is 9.47. The molecule has 4 N–H and O–H groups in total. The molecule has 5 aromatic rings. The van der Waals surface area contributed by atoms with Crippen LogP contribution < -0.4 is 11.3 Å². The molecule has 0 radical (unpaired) electrons. The van der Waals surface area contributed by atoms with Gasteiger partial charge in [-0.1, -0.05) is 66.2 Å². The highest BCUT2D eigenvalue weighted by Gasteiger charge is 2.18. The molecule has 0 aliphatic heterocycles. The Morgan fingerprint density at radius 1 is 0.903 bits per heavy atom. The third-order valence-electron chi connectivity index (χ3n) is 5.17. The van der Waals surface area contributed by atoms with Gasteiger partial charge in [-0.3, -0.25) is 4.79 Å². The number of nitrogens with two attached hydrogens (primary N) is 1. The van der Waals surface area contributed by atoms with Crippen LogP contribution in [-0.4, -0.2) is 15.1 Å². The van der Waals surface area contributed by atoms with E-state index in [1.165, 1.54) is 11.3 Å². The number of anilines is 1. The number of benzene rings is 3. The molecular formula is C24H16ClN3O2S. The average molecular weight is 446 g/mol. The van der Waals surface area contributed by atoms with Gasteiger partial charge in [0, 0.05) is 21.9 Å². The fraction of sp³-hybridized carbons (Fsp3) is 0.